The molecule has 0 radical (unpaired) electrons. The van der Waals surface area contributed by atoms with Gasteiger partial charge in [-0.15, -0.1) is 10.2 Å². The van der Waals surface area contributed by atoms with Gasteiger partial charge in [0.2, 0.25) is 23.7 Å². The van der Waals surface area contributed by atoms with Crippen molar-refractivity contribution in [1.82, 2.24) is 40.3 Å². The molecule has 0 spiro atoms. The number of aromatic hydroxyl groups is 1. The molecule has 3 atom stereocenters. The van der Waals surface area contributed by atoms with Gasteiger partial charge >= 0.3 is 0 Å². The number of phenolic OH excluding ortho intramolecular Hbond substituents is 1. The number of piperazine rings is 1. The molecule has 3 unspecified atom stereocenters. The number of nitrogens with two attached hydrogens (primary N) is 1. The zero-order chi connectivity index (χ0) is 39.0. The number of amides is 3. The minimum Gasteiger partial charge on any atom is -0.507 e. The highest BCUT2D eigenvalue weighted by Crippen LogP contribution is 2.38. The Kier molecular flexibility index (Phi) is 9.56. The van der Waals surface area contributed by atoms with E-state index in [1.807, 2.05) is 41.0 Å². The molecule has 9 rings (SSSR count). The number of nitrogens with one attached hydrogen (secondary N) is 2. The first kappa shape index (κ1) is 36.0. The van der Waals surface area contributed by atoms with Crippen LogP contribution in [0.25, 0.3) is 33.2 Å². The molecule has 290 valence electrons. The first-order chi connectivity index (χ1) is 27.8. The third-order valence-corrected chi connectivity index (χ3v) is 11.5. The number of aryl methyl sites for hydroxylation is 1. The Hall–Kier alpha value is -6.64. The smallest absolute Gasteiger partial charge is 0.249 e. The lowest BCUT2D eigenvalue weighted by Crippen LogP contribution is -2.54. The number of unbranched alkanes of at least 4 members (excludes halogenated alkanes) is 1. The zero-order valence-corrected chi connectivity index (χ0v) is 31.3. The van der Waals surface area contributed by atoms with Crippen molar-refractivity contribution in [2.24, 2.45) is 0 Å². The van der Waals surface area contributed by atoms with E-state index in [4.69, 9.17) is 15.7 Å². The van der Waals surface area contributed by atoms with Crippen LogP contribution >= 0.6 is 0 Å². The molecule has 0 aliphatic carbocycles. The number of carbonyl (C=O) groups excluding carboxylic acids is 3. The van der Waals surface area contributed by atoms with E-state index >= 15 is 0 Å². The fourth-order valence-electron chi connectivity index (χ4n) is 8.72. The van der Waals surface area contributed by atoms with E-state index in [9.17, 15) is 19.5 Å². The number of phenols is 1. The molecule has 2 bridgehead atoms. The molecule has 3 aliphatic heterocycles. The summed E-state index contributed by atoms with van der Waals surface area (Å²) in [5.74, 6) is 0.556. The van der Waals surface area contributed by atoms with E-state index in [1.54, 1.807) is 30.7 Å². The number of aromatic nitrogens is 6. The molecular weight excluding hydrogens is 723 g/mol. The Morgan fingerprint density at radius 3 is 2.49 bits per heavy atom. The summed E-state index contributed by atoms with van der Waals surface area (Å²) in [5, 5.41) is 26.3. The average molecular weight is 766 g/mol. The summed E-state index contributed by atoms with van der Waals surface area (Å²) in [4.78, 5) is 56.0. The third kappa shape index (κ3) is 7.04. The SMILES string of the molecule is Nc1nnc(-c2ccccc2O)cc1N1CC2CCC(C1)N2c1ncc(CC(=O)NCCCCc2ccc3c(c2)c2cccnc2n3C2CCC(=O)NC2=O)cn1. The van der Waals surface area contributed by atoms with E-state index in [-0.39, 0.29) is 42.0 Å². The molecule has 3 fully saturated rings. The van der Waals surface area contributed by atoms with E-state index in [0.717, 1.165) is 78.4 Å². The molecule has 3 saturated heterocycles. The van der Waals surface area contributed by atoms with Crippen LogP contribution in [0.3, 0.4) is 0 Å². The molecule has 7 heterocycles. The van der Waals surface area contributed by atoms with Crippen LogP contribution in [0.2, 0.25) is 0 Å². The topological polar surface area (TPSA) is 197 Å². The normalized spacial score (nSPS) is 19.3. The van der Waals surface area contributed by atoms with Crippen molar-refractivity contribution in [3.63, 3.8) is 0 Å². The van der Waals surface area contributed by atoms with E-state index in [2.05, 4.69) is 47.7 Å². The Morgan fingerprint density at radius 2 is 1.70 bits per heavy atom. The van der Waals surface area contributed by atoms with Crippen LogP contribution < -0.4 is 26.2 Å². The van der Waals surface area contributed by atoms with Gasteiger partial charge in [-0.05, 0) is 92.1 Å². The number of pyridine rings is 1. The van der Waals surface area contributed by atoms with Crippen molar-refractivity contribution in [2.75, 3.05) is 35.2 Å². The minimum atomic E-state index is -0.487. The summed E-state index contributed by atoms with van der Waals surface area (Å²) in [6, 6.07) is 19.1. The number of rotatable bonds is 11. The lowest BCUT2D eigenvalue weighted by atomic mass is 10.0. The summed E-state index contributed by atoms with van der Waals surface area (Å²) < 4.78 is 1.96. The maximum Gasteiger partial charge on any atom is 0.249 e. The number of hydrogen-bond acceptors (Lipinski definition) is 12. The van der Waals surface area contributed by atoms with Crippen molar-refractivity contribution in [3.05, 3.63) is 90.4 Å². The van der Waals surface area contributed by atoms with E-state index in [1.165, 1.54) is 5.56 Å². The van der Waals surface area contributed by atoms with Gasteiger partial charge in [0.1, 0.15) is 17.4 Å². The second-order valence-corrected chi connectivity index (χ2v) is 15.2. The predicted molar refractivity (Wildman–Crippen MR) is 215 cm³/mol. The Balaban J connectivity index is 0.768. The largest absolute Gasteiger partial charge is 0.507 e. The average Bonchev–Trinajstić information content (AvgIpc) is 3.68. The van der Waals surface area contributed by atoms with Crippen LogP contribution in [-0.4, -0.2) is 84.3 Å². The molecule has 5 N–H and O–H groups in total. The van der Waals surface area contributed by atoms with Crippen molar-refractivity contribution in [1.29, 1.82) is 0 Å². The summed E-state index contributed by atoms with van der Waals surface area (Å²) in [5.41, 5.74) is 11.9. The zero-order valence-electron chi connectivity index (χ0n) is 31.3. The fourth-order valence-corrected chi connectivity index (χ4v) is 8.72. The number of anilines is 3. The number of hydrogen-bond donors (Lipinski definition) is 4. The number of benzene rings is 2. The molecule has 6 aromatic rings. The summed E-state index contributed by atoms with van der Waals surface area (Å²) in [6.45, 7) is 2.01. The maximum atomic E-state index is 12.9. The Morgan fingerprint density at radius 1 is 0.895 bits per heavy atom. The molecule has 4 aromatic heterocycles. The number of fused-ring (bicyclic) bond motifs is 5. The molecule has 15 heteroatoms. The minimum absolute atomic E-state index is 0.0676. The van der Waals surface area contributed by atoms with Gasteiger partial charge in [0.25, 0.3) is 0 Å². The first-order valence-electron chi connectivity index (χ1n) is 19.5. The lowest BCUT2D eigenvalue weighted by molar-refractivity contribution is -0.135. The van der Waals surface area contributed by atoms with Gasteiger partial charge in [0.15, 0.2) is 5.82 Å². The third-order valence-electron chi connectivity index (χ3n) is 11.5. The van der Waals surface area contributed by atoms with Crippen LogP contribution in [0, 0.1) is 0 Å². The highest BCUT2D eigenvalue weighted by atomic mass is 16.3. The monoisotopic (exact) mass is 765 g/mol. The Bertz CT molecular complexity index is 2490. The van der Waals surface area contributed by atoms with Crippen LogP contribution in [0.4, 0.5) is 17.5 Å². The summed E-state index contributed by atoms with van der Waals surface area (Å²) in [7, 11) is 0. The van der Waals surface area contributed by atoms with Gasteiger partial charge in [-0.25, -0.2) is 15.0 Å². The molecule has 3 aliphatic rings. The van der Waals surface area contributed by atoms with Crippen molar-refractivity contribution in [3.8, 4) is 17.0 Å². The van der Waals surface area contributed by atoms with Crippen molar-refractivity contribution >= 4 is 57.1 Å². The lowest BCUT2D eigenvalue weighted by Gasteiger charge is -2.42. The van der Waals surface area contributed by atoms with Crippen molar-refractivity contribution < 1.29 is 19.5 Å². The van der Waals surface area contributed by atoms with Gasteiger partial charge < -0.3 is 30.5 Å². The van der Waals surface area contributed by atoms with Gasteiger partial charge in [0.05, 0.1) is 23.3 Å². The number of carbonyl (C=O) groups is 3. The summed E-state index contributed by atoms with van der Waals surface area (Å²) >= 11 is 0. The molecule has 0 saturated carbocycles. The van der Waals surface area contributed by atoms with Gasteiger partial charge in [-0.3, -0.25) is 19.7 Å². The number of imide groups is 1. The highest BCUT2D eigenvalue weighted by molar-refractivity contribution is 6.09. The Labute approximate surface area is 328 Å². The van der Waals surface area contributed by atoms with E-state index < -0.39 is 6.04 Å². The maximum absolute atomic E-state index is 12.9. The molecule has 2 aromatic carbocycles. The van der Waals surface area contributed by atoms with Gasteiger partial charge in [-0.1, -0.05) is 18.2 Å². The van der Waals surface area contributed by atoms with Crippen molar-refractivity contribution in [2.45, 2.75) is 69.5 Å². The summed E-state index contributed by atoms with van der Waals surface area (Å²) in [6.07, 6.45) is 10.7. The molecular formula is C42H43N11O4. The molecule has 15 nitrogen and oxygen atoms in total. The van der Waals surface area contributed by atoms with Crippen LogP contribution in [0.1, 0.15) is 55.7 Å². The number of piperidine rings is 1. The molecule has 57 heavy (non-hydrogen) atoms. The second-order valence-electron chi connectivity index (χ2n) is 15.2. The predicted octanol–water partition coefficient (Wildman–Crippen LogP) is 4.24. The number of para-hydroxylation sites is 1. The number of nitrogen functional groups attached to an aromatic ring is 1. The second kappa shape index (κ2) is 15.1. The highest BCUT2D eigenvalue weighted by Gasteiger charge is 2.42. The van der Waals surface area contributed by atoms with Gasteiger partial charge in [0, 0.05) is 73.1 Å². The van der Waals surface area contributed by atoms with Crippen LogP contribution in [0.5, 0.6) is 5.75 Å². The van der Waals surface area contributed by atoms with Crippen LogP contribution in [0.15, 0.2) is 79.3 Å². The standard InChI is InChI=1S/C42H43N11O4/c43-39-35(20-32(49-50-39)30-7-1-2-9-36(30)54)51-23-27-11-12-28(24-51)52(27)42-46-21-26(22-47-42)19-38(56)44-16-4-3-6-25-10-13-33-31(18-25)29-8-5-17-45-40(29)53(33)34-14-15-37(55)48-41(34)57/h1-2,5,7-10,13,17-18,20-22,27-28,34,54H,3-4,6,11-12,14-16,19,23-24H2,(H2,43,50)(H,44,56)(H,48,55,57). The quantitative estimate of drug-likeness (QED) is 0.108. The van der Waals surface area contributed by atoms with Gasteiger partial charge in [-0.2, -0.15) is 0 Å². The van der Waals surface area contributed by atoms with Crippen LogP contribution in [-0.2, 0) is 27.2 Å². The molecule has 3 amide bonds. The first-order valence-corrected chi connectivity index (χ1v) is 19.5. The fraction of sp³-hybridized carbons (Fsp3) is 0.333. The number of nitrogens with zero attached hydrogens (tertiary/aromatic N) is 8. The van der Waals surface area contributed by atoms with E-state index in [0.29, 0.717) is 42.4 Å².